The van der Waals surface area contributed by atoms with Gasteiger partial charge in [-0.2, -0.15) is 18.4 Å². The number of rotatable bonds is 1. The number of alkyl halides is 3. The minimum Gasteiger partial charge on any atom is -0.206 e. The molecule has 1 nitrogen and oxygen atoms in total. The third-order valence-corrected chi connectivity index (χ3v) is 2.62. The van der Waals surface area contributed by atoms with Gasteiger partial charge < -0.3 is 0 Å². The van der Waals surface area contributed by atoms with Crippen LogP contribution in [-0.4, -0.2) is 0 Å². The van der Waals surface area contributed by atoms with Crippen LogP contribution in [0.25, 0.3) is 11.1 Å². The summed E-state index contributed by atoms with van der Waals surface area (Å²) in [4.78, 5) is 0. The van der Waals surface area contributed by atoms with Gasteiger partial charge in [0.25, 0.3) is 0 Å². The van der Waals surface area contributed by atoms with E-state index in [0.29, 0.717) is 0 Å². The highest BCUT2D eigenvalue weighted by atomic mass is 19.4. The normalized spacial score (nSPS) is 11.1. The summed E-state index contributed by atoms with van der Waals surface area (Å²) in [5, 5.41) is 8.65. The summed E-state index contributed by atoms with van der Waals surface area (Å²) in [7, 11) is 0. The van der Waals surface area contributed by atoms with E-state index in [4.69, 9.17) is 5.26 Å². The third-order valence-electron chi connectivity index (χ3n) is 2.62. The highest BCUT2D eigenvalue weighted by molar-refractivity contribution is 5.69. The highest BCUT2D eigenvalue weighted by Crippen LogP contribution is 2.38. The van der Waals surface area contributed by atoms with Crippen molar-refractivity contribution in [2.45, 2.75) is 6.18 Å². The van der Waals surface area contributed by atoms with Gasteiger partial charge in [0.15, 0.2) is 0 Å². The fourth-order valence-corrected chi connectivity index (χ4v) is 1.76. The van der Waals surface area contributed by atoms with E-state index in [2.05, 4.69) is 0 Å². The Kier molecular flexibility index (Phi) is 3.26. The molecule has 0 unspecified atom stereocenters. The average Bonchev–Trinajstić information content (AvgIpc) is 2.38. The largest absolute Gasteiger partial charge is 0.417 e. The van der Waals surface area contributed by atoms with E-state index in [-0.39, 0.29) is 16.7 Å². The van der Waals surface area contributed by atoms with Crippen LogP contribution in [0, 0.1) is 17.1 Å². The quantitative estimate of drug-likeness (QED) is 0.702. The molecule has 0 atom stereocenters. The van der Waals surface area contributed by atoms with Crippen LogP contribution in [-0.2, 0) is 6.18 Å². The van der Waals surface area contributed by atoms with Crippen LogP contribution >= 0.6 is 0 Å². The van der Waals surface area contributed by atoms with Crippen LogP contribution in [0.5, 0.6) is 0 Å². The number of nitriles is 1. The van der Waals surface area contributed by atoms with Gasteiger partial charge >= 0.3 is 6.18 Å². The van der Waals surface area contributed by atoms with Gasteiger partial charge in [0, 0.05) is 5.56 Å². The molecular formula is C14H7F4N. The zero-order valence-electron chi connectivity index (χ0n) is 9.50. The Labute approximate surface area is 106 Å². The summed E-state index contributed by atoms with van der Waals surface area (Å²) >= 11 is 0. The van der Waals surface area contributed by atoms with Crippen LogP contribution < -0.4 is 0 Å². The molecule has 0 spiro atoms. The first kappa shape index (κ1) is 13.1. The van der Waals surface area contributed by atoms with Gasteiger partial charge in [-0.05, 0) is 23.8 Å². The lowest BCUT2D eigenvalue weighted by Crippen LogP contribution is -2.08. The predicted octanol–water partition coefficient (Wildman–Crippen LogP) is 4.38. The Bertz CT molecular complexity index is 653. The smallest absolute Gasteiger partial charge is 0.206 e. The van der Waals surface area contributed by atoms with E-state index >= 15 is 0 Å². The second-order valence-electron chi connectivity index (χ2n) is 3.85. The van der Waals surface area contributed by atoms with Crippen LogP contribution in [0.2, 0.25) is 0 Å². The molecule has 0 N–H and O–H groups in total. The molecule has 0 fully saturated rings. The Hall–Kier alpha value is -2.35. The molecule has 2 aromatic rings. The number of hydrogen-bond donors (Lipinski definition) is 0. The topological polar surface area (TPSA) is 23.8 Å². The summed E-state index contributed by atoms with van der Waals surface area (Å²) in [5.41, 5.74) is -1.55. The van der Waals surface area contributed by atoms with Gasteiger partial charge in [0.1, 0.15) is 5.82 Å². The average molecular weight is 265 g/mol. The first-order chi connectivity index (χ1) is 8.93. The fraction of sp³-hybridized carbons (Fsp3) is 0.0714. The van der Waals surface area contributed by atoms with E-state index in [1.165, 1.54) is 24.3 Å². The lowest BCUT2D eigenvalue weighted by Gasteiger charge is -2.13. The van der Waals surface area contributed by atoms with Crippen LogP contribution in [0.15, 0.2) is 42.5 Å². The molecule has 0 aliphatic heterocycles. The first-order valence-corrected chi connectivity index (χ1v) is 5.29. The summed E-state index contributed by atoms with van der Waals surface area (Å²) < 4.78 is 52.4. The molecule has 19 heavy (non-hydrogen) atoms. The van der Waals surface area contributed by atoms with E-state index in [0.717, 1.165) is 18.2 Å². The molecule has 0 aliphatic rings. The zero-order chi connectivity index (χ0) is 14.0. The lowest BCUT2D eigenvalue weighted by atomic mass is 9.97. The number of halogens is 4. The molecule has 5 heteroatoms. The van der Waals surface area contributed by atoms with Crippen molar-refractivity contribution in [3.63, 3.8) is 0 Å². The van der Waals surface area contributed by atoms with E-state index < -0.39 is 17.6 Å². The fourth-order valence-electron chi connectivity index (χ4n) is 1.76. The van der Waals surface area contributed by atoms with Crippen LogP contribution in [0.1, 0.15) is 11.1 Å². The van der Waals surface area contributed by atoms with Crippen molar-refractivity contribution in [3.8, 4) is 17.2 Å². The number of nitrogens with zero attached hydrogens (tertiary/aromatic N) is 1. The summed E-state index contributed by atoms with van der Waals surface area (Å²) in [6.45, 7) is 0. The molecule has 2 aromatic carbocycles. The second kappa shape index (κ2) is 4.73. The maximum Gasteiger partial charge on any atom is 0.417 e. The van der Waals surface area contributed by atoms with E-state index in [1.54, 1.807) is 6.07 Å². The molecule has 0 heterocycles. The maximum atomic E-state index is 13.6. The molecule has 0 aliphatic carbocycles. The molecule has 0 aromatic heterocycles. The van der Waals surface area contributed by atoms with Crippen molar-refractivity contribution in [3.05, 3.63) is 59.4 Å². The number of benzene rings is 2. The van der Waals surface area contributed by atoms with Crippen molar-refractivity contribution in [2.75, 3.05) is 0 Å². The minimum absolute atomic E-state index is 0.118. The molecule has 2 rings (SSSR count). The molecule has 0 radical (unpaired) electrons. The second-order valence-corrected chi connectivity index (χ2v) is 3.85. The predicted molar refractivity (Wildman–Crippen MR) is 61.6 cm³/mol. The van der Waals surface area contributed by atoms with E-state index in [9.17, 15) is 17.6 Å². The van der Waals surface area contributed by atoms with Crippen LogP contribution in [0.4, 0.5) is 17.6 Å². The van der Waals surface area contributed by atoms with Crippen molar-refractivity contribution in [1.82, 2.24) is 0 Å². The first-order valence-electron chi connectivity index (χ1n) is 5.29. The number of hydrogen-bond acceptors (Lipinski definition) is 1. The SMILES string of the molecule is N#Cc1ccc(-c2ccccc2F)c(C(F)(F)F)c1. The van der Waals surface area contributed by atoms with Crippen molar-refractivity contribution >= 4 is 0 Å². The molecule has 0 saturated carbocycles. The van der Waals surface area contributed by atoms with Gasteiger partial charge in [-0.3, -0.25) is 0 Å². The van der Waals surface area contributed by atoms with Gasteiger partial charge in [0.05, 0.1) is 17.2 Å². The third kappa shape index (κ3) is 2.58. The van der Waals surface area contributed by atoms with E-state index in [1.807, 2.05) is 0 Å². The van der Waals surface area contributed by atoms with Gasteiger partial charge in [-0.15, -0.1) is 0 Å². The molecule has 0 saturated heterocycles. The molecular weight excluding hydrogens is 258 g/mol. The Morgan fingerprint density at radius 1 is 0.947 bits per heavy atom. The summed E-state index contributed by atoms with van der Waals surface area (Å²) in [6.07, 6.45) is -4.65. The Morgan fingerprint density at radius 3 is 2.21 bits per heavy atom. The standard InChI is InChI=1S/C14H7F4N/c15-13-4-2-1-3-11(13)10-6-5-9(8-19)7-12(10)14(16,17)18/h1-7H. The van der Waals surface area contributed by atoms with Gasteiger partial charge in [0.2, 0.25) is 0 Å². The van der Waals surface area contributed by atoms with Crippen molar-refractivity contribution < 1.29 is 17.6 Å². The van der Waals surface area contributed by atoms with Gasteiger partial charge in [-0.1, -0.05) is 24.3 Å². The van der Waals surface area contributed by atoms with Crippen LogP contribution in [0.3, 0.4) is 0 Å². The minimum atomic E-state index is -4.65. The monoisotopic (exact) mass is 265 g/mol. The summed E-state index contributed by atoms with van der Waals surface area (Å²) in [6, 6.07) is 9.92. The summed E-state index contributed by atoms with van der Waals surface area (Å²) in [5.74, 6) is -0.738. The van der Waals surface area contributed by atoms with Crippen molar-refractivity contribution in [1.29, 1.82) is 5.26 Å². The highest BCUT2D eigenvalue weighted by Gasteiger charge is 2.34. The maximum absolute atomic E-state index is 13.6. The molecule has 0 amide bonds. The molecule has 96 valence electrons. The molecule has 0 bridgehead atoms. The van der Waals surface area contributed by atoms with Gasteiger partial charge in [-0.25, -0.2) is 4.39 Å². The van der Waals surface area contributed by atoms with Crippen molar-refractivity contribution in [2.24, 2.45) is 0 Å². The Morgan fingerprint density at radius 2 is 1.63 bits per heavy atom. The zero-order valence-corrected chi connectivity index (χ0v) is 9.50. The Balaban J connectivity index is 2.71. The lowest BCUT2D eigenvalue weighted by molar-refractivity contribution is -0.137.